The van der Waals surface area contributed by atoms with Gasteiger partial charge in [-0.25, -0.2) is 9.59 Å². The Kier molecular flexibility index (Phi) is 10.4. The lowest BCUT2D eigenvalue weighted by atomic mass is 9.91. The van der Waals surface area contributed by atoms with E-state index in [1.807, 2.05) is 0 Å². The number of unbranched alkanes of at least 4 members (excludes halogenated alkanes) is 4. The molecule has 0 bridgehead atoms. The molecule has 0 aliphatic rings. The number of rotatable bonds is 14. The van der Waals surface area contributed by atoms with Crippen molar-refractivity contribution in [2.45, 2.75) is 38.5 Å². The molecule has 2 aromatic rings. The smallest absolute Gasteiger partial charge is 0.336 e. The fraction of sp³-hybridized carbons (Fsp3) is 0.417. The number of carbonyl (C=O) groups excluding carboxylic acids is 2. The van der Waals surface area contributed by atoms with E-state index in [1.54, 1.807) is 0 Å². The Labute approximate surface area is 196 Å². The van der Waals surface area contributed by atoms with E-state index in [4.69, 9.17) is 10.2 Å². The van der Waals surface area contributed by atoms with E-state index in [9.17, 15) is 29.4 Å². The number of fused-ring (bicyclic) bond motifs is 1. The lowest BCUT2D eigenvalue weighted by Crippen LogP contribution is -2.27. The zero-order valence-electron chi connectivity index (χ0n) is 18.8. The topological polar surface area (TPSA) is 173 Å². The monoisotopic (exact) mass is 474 g/mol. The molecule has 0 heterocycles. The van der Waals surface area contributed by atoms with Crippen molar-refractivity contribution < 1.29 is 39.6 Å². The van der Waals surface area contributed by atoms with E-state index in [1.165, 1.54) is 12.1 Å². The van der Waals surface area contributed by atoms with Crippen LogP contribution in [0.4, 0.5) is 0 Å². The van der Waals surface area contributed by atoms with Crippen LogP contribution in [0.15, 0.2) is 24.3 Å². The van der Waals surface area contributed by atoms with Gasteiger partial charge in [-0.3, -0.25) is 9.59 Å². The summed E-state index contributed by atoms with van der Waals surface area (Å²) in [7, 11) is 0. The van der Waals surface area contributed by atoms with E-state index < -0.39 is 23.8 Å². The van der Waals surface area contributed by atoms with E-state index in [0.717, 1.165) is 12.1 Å². The molecule has 0 radical (unpaired) electrons. The van der Waals surface area contributed by atoms with Gasteiger partial charge < -0.3 is 31.1 Å². The van der Waals surface area contributed by atoms with Crippen LogP contribution in [0.1, 0.15) is 80.0 Å². The van der Waals surface area contributed by atoms with Gasteiger partial charge in [0.05, 0.1) is 11.1 Å². The minimum atomic E-state index is -1.36. The summed E-state index contributed by atoms with van der Waals surface area (Å²) in [5.74, 6) is -3.90. The maximum atomic E-state index is 12.9. The van der Waals surface area contributed by atoms with Crippen molar-refractivity contribution in [3.63, 3.8) is 0 Å². The Hall–Kier alpha value is -3.50. The van der Waals surface area contributed by atoms with Crippen molar-refractivity contribution in [1.82, 2.24) is 10.6 Å². The summed E-state index contributed by atoms with van der Waals surface area (Å²) >= 11 is 0. The highest BCUT2D eigenvalue weighted by molar-refractivity contribution is 6.23. The van der Waals surface area contributed by atoms with Gasteiger partial charge in [-0.05, 0) is 62.8 Å². The average molecular weight is 475 g/mol. The van der Waals surface area contributed by atoms with Gasteiger partial charge in [0.2, 0.25) is 0 Å². The summed E-state index contributed by atoms with van der Waals surface area (Å²) in [6.45, 7) is 0.668. The number of hydrogen-bond donors (Lipinski definition) is 6. The molecule has 2 rings (SSSR count). The predicted octanol–water partition coefficient (Wildman–Crippen LogP) is 2.02. The Balaban J connectivity index is 2.51. The summed E-state index contributed by atoms with van der Waals surface area (Å²) in [4.78, 5) is 49.6. The van der Waals surface area contributed by atoms with Gasteiger partial charge >= 0.3 is 11.9 Å². The van der Waals surface area contributed by atoms with Crippen LogP contribution in [0.2, 0.25) is 0 Å². The molecule has 0 unspecified atom stereocenters. The van der Waals surface area contributed by atoms with Crippen LogP contribution in [0.3, 0.4) is 0 Å². The van der Waals surface area contributed by atoms with Crippen LogP contribution >= 0.6 is 0 Å². The Bertz CT molecular complexity index is 968. The Morgan fingerprint density at radius 2 is 0.912 bits per heavy atom. The quantitative estimate of drug-likeness (QED) is 0.226. The van der Waals surface area contributed by atoms with Crippen LogP contribution < -0.4 is 10.6 Å². The predicted molar refractivity (Wildman–Crippen MR) is 124 cm³/mol. The van der Waals surface area contributed by atoms with Crippen molar-refractivity contribution in [2.24, 2.45) is 0 Å². The summed E-state index contributed by atoms with van der Waals surface area (Å²) < 4.78 is 0. The van der Waals surface area contributed by atoms with Crippen molar-refractivity contribution in [3.05, 3.63) is 46.5 Å². The van der Waals surface area contributed by atoms with Crippen molar-refractivity contribution in [3.8, 4) is 0 Å². The second kappa shape index (κ2) is 13.3. The first kappa shape index (κ1) is 26.7. The first-order valence-corrected chi connectivity index (χ1v) is 11.2. The number of aliphatic hydroxyl groups excluding tert-OH is 2. The standard InChI is InChI=1S/C24H30N2O8/c27-13-5-1-3-11-25-21(29)15-7-8-16(22(30)26-12-4-2-6-14-28)20-18(24(33)34)10-9-17(19(15)20)23(31)32/h7-10,27-28H,1-6,11-14H2,(H,25,29)(H,26,30)(H,31,32)(H,33,34). The molecule has 34 heavy (non-hydrogen) atoms. The normalized spacial score (nSPS) is 10.8. The van der Waals surface area contributed by atoms with Gasteiger partial charge in [0.15, 0.2) is 0 Å². The van der Waals surface area contributed by atoms with Crippen LogP contribution in [-0.4, -0.2) is 70.5 Å². The van der Waals surface area contributed by atoms with Crippen LogP contribution in [0.25, 0.3) is 10.8 Å². The molecule has 2 aromatic carbocycles. The molecule has 6 N–H and O–H groups in total. The minimum absolute atomic E-state index is 0.0443. The summed E-state index contributed by atoms with van der Waals surface area (Å²) in [5, 5.41) is 42.3. The number of nitrogens with one attached hydrogen (secondary N) is 2. The summed E-state index contributed by atoms with van der Waals surface area (Å²) in [6.07, 6.45) is 3.78. The minimum Gasteiger partial charge on any atom is -0.478 e. The Morgan fingerprint density at radius 1 is 0.559 bits per heavy atom. The molecule has 10 nitrogen and oxygen atoms in total. The fourth-order valence-electron chi connectivity index (χ4n) is 3.65. The molecule has 0 aliphatic carbocycles. The van der Waals surface area contributed by atoms with Crippen molar-refractivity contribution >= 4 is 34.5 Å². The molecule has 0 saturated carbocycles. The van der Waals surface area contributed by atoms with Crippen LogP contribution in [-0.2, 0) is 0 Å². The third kappa shape index (κ3) is 6.75. The lowest BCUT2D eigenvalue weighted by molar-refractivity contribution is 0.0684. The third-order valence-electron chi connectivity index (χ3n) is 5.35. The third-order valence-corrected chi connectivity index (χ3v) is 5.35. The van der Waals surface area contributed by atoms with Crippen LogP contribution in [0, 0.1) is 0 Å². The van der Waals surface area contributed by atoms with Gasteiger partial charge in [0.1, 0.15) is 0 Å². The highest BCUT2D eigenvalue weighted by Crippen LogP contribution is 2.30. The molecule has 0 saturated heterocycles. The average Bonchev–Trinajstić information content (AvgIpc) is 2.81. The van der Waals surface area contributed by atoms with E-state index in [0.29, 0.717) is 38.5 Å². The molecule has 2 amide bonds. The molecule has 0 fully saturated rings. The first-order chi connectivity index (χ1) is 16.3. The number of carboxylic acids is 2. The van der Waals surface area contributed by atoms with Gasteiger partial charge in [0, 0.05) is 48.2 Å². The SMILES string of the molecule is O=C(O)c1ccc(C(=O)O)c2c(C(=O)NCCCCCO)ccc(C(=O)NCCCCCO)c12. The second-order valence-electron chi connectivity index (χ2n) is 7.76. The maximum absolute atomic E-state index is 12.9. The van der Waals surface area contributed by atoms with Crippen molar-refractivity contribution in [1.29, 1.82) is 0 Å². The van der Waals surface area contributed by atoms with Gasteiger partial charge in [0.25, 0.3) is 11.8 Å². The summed E-state index contributed by atoms with van der Waals surface area (Å²) in [6, 6.07) is 4.87. The number of hydrogen-bond acceptors (Lipinski definition) is 6. The number of aromatic carboxylic acids is 2. The summed E-state index contributed by atoms with van der Waals surface area (Å²) in [5.41, 5.74) is -0.666. The zero-order valence-corrected chi connectivity index (χ0v) is 18.8. The van der Waals surface area contributed by atoms with E-state index in [2.05, 4.69) is 10.6 Å². The molecule has 10 heteroatoms. The highest BCUT2D eigenvalue weighted by atomic mass is 16.4. The molecule has 0 aromatic heterocycles. The van der Waals surface area contributed by atoms with Gasteiger partial charge in [-0.1, -0.05) is 0 Å². The molecule has 184 valence electrons. The first-order valence-electron chi connectivity index (χ1n) is 11.2. The number of carbonyl (C=O) groups is 4. The zero-order chi connectivity index (χ0) is 25.1. The fourth-order valence-corrected chi connectivity index (χ4v) is 3.65. The second-order valence-corrected chi connectivity index (χ2v) is 7.76. The molecule has 0 atom stereocenters. The number of carboxylic acid groups (broad SMARTS) is 2. The molecular weight excluding hydrogens is 444 g/mol. The number of aliphatic hydroxyl groups is 2. The van der Waals surface area contributed by atoms with Crippen molar-refractivity contribution in [2.75, 3.05) is 26.3 Å². The largest absolute Gasteiger partial charge is 0.478 e. The van der Waals surface area contributed by atoms with Gasteiger partial charge in [-0.2, -0.15) is 0 Å². The molecule has 0 aliphatic heterocycles. The van der Waals surface area contributed by atoms with Crippen LogP contribution in [0.5, 0.6) is 0 Å². The van der Waals surface area contributed by atoms with E-state index >= 15 is 0 Å². The number of amides is 2. The molecular formula is C24H30N2O8. The van der Waals surface area contributed by atoms with Gasteiger partial charge in [-0.15, -0.1) is 0 Å². The lowest BCUT2D eigenvalue weighted by Gasteiger charge is -2.16. The number of benzene rings is 2. The van der Waals surface area contributed by atoms with E-state index in [-0.39, 0.29) is 59.3 Å². The maximum Gasteiger partial charge on any atom is 0.336 e. The molecule has 0 spiro atoms. The highest BCUT2D eigenvalue weighted by Gasteiger charge is 2.25. The Morgan fingerprint density at radius 3 is 1.24 bits per heavy atom.